The summed E-state index contributed by atoms with van der Waals surface area (Å²) in [5.74, 6) is -0.517. The van der Waals surface area contributed by atoms with E-state index in [2.05, 4.69) is 0 Å². The summed E-state index contributed by atoms with van der Waals surface area (Å²) >= 11 is 27.2. The molecule has 0 heterocycles. The van der Waals surface area contributed by atoms with E-state index in [0.29, 0.717) is 0 Å². The molecule has 0 spiro atoms. The maximum atomic E-state index is 11.4. The van der Waals surface area contributed by atoms with Gasteiger partial charge >= 0.3 is 0 Å². The fourth-order valence-corrected chi connectivity index (χ4v) is 1.71. The SMILES string of the molecule is CC(CCl)(CCl)C(=O)C(Cl)(Cl)Cl. The Hall–Kier alpha value is 1.12. The van der Waals surface area contributed by atoms with Crippen molar-refractivity contribution in [2.75, 3.05) is 11.8 Å². The van der Waals surface area contributed by atoms with E-state index in [1.165, 1.54) is 0 Å². The first kappa shape index (κ1) is 13.1. The Morgan fingerprint density at radius 2 is 1.50 bits per heavy atom. The average Bonchev–Trinajstić information content (AvgIpc) is 2.00. The van der Waals surface area contributed by atoms with Gasteiger partial charge in [-0.1, -0.05) is 41.7 Å². The molecule has 1 nitrogen and oxygen atoms in total. The highest BCUT2D eigenvalue weighted by Crippen LogP contribution is 2.36. The Morgan fingerprint density at radius 1 is 1.17 bits per heavy atom. The van der Waals surface area contributed by atoms with Crippen molar-refractivity contribution in [3.8, 4) is 0 Å². The molecule has 0 bridgehead atoms. The van der Waals surface area contributed by atoms with Crippen LogP contribution in [0.1, 0.15) is 6.92 Å². The van der Waals surface area contributed by atoms with Gasteiger partial charge in [-0.25, -0.2) is 0 Å². The highest BCUT2D eigenvalue weighted by Gasteiger charge is 2.43. The van der Waals surface area contributed by atoms with Gasteiger partial charge in [-0.05, 0) is 0 Å². The summed E-state index contributed by atoms with van der Waals surface area (Å²) in [6, 6.07) is 0. The fraction of sp³-hybridized carbons (Fsp3) is 0.833. The zero-order chi connectivity index (χ0) is 9.99. The first-order valence-corrected chi connectivity index (χ1v) is 5.22. The summed E-state index contributed by atoms with van der Waals surface area (Å²) in [5.41, 5.74) is -0.978. The molecule has 0 aliphatic carbocycles. The second kappa shape index (κ2) is 4.56. The van der Waals surface area contributed by atoms with Gasteiger partial charge in [0, 0.05) is 11.8 Å². The van der Waals surface area contributed by atoms with Crippen LogP contribution in [-0.4, -0.2) is 21.3 Å². The van der Waals surface area contributed by atoms with Crippen molar-refractivity contribution in [3.05, 3.63) is 0 Å². The lowest BCUT2D eigenvalue weighted by atomic mass is 9.91. The third-order valence-electron chi connectivity index (χ3n) is 1.40. The van der Waals surface area contributed by atoms with Crippen LogP contribution in [-0.2, 0) is 4.79 Å². The number of hydrogen-bond acceptors (Lipinski definition) is 1. The van der Waals surface area contributed by atoms with Gasteiger partial charge in [0.05, 0.1) is 5.41 Å². The minimum Gasteiger partial charge on any atom is -0.294 e. The van der Waals surface area contributed by atoms with E-state index in [0.717, 1.165) is 0 Å². The van der Waals surface area contributed by atoms with Crippen LogP contribution in [0.25, 0.3) is 0 Å². The molecule has 0 aliphatic heterocycles. The molecule has 0 atom stereocenters. The van der Waals surface area contributed by atoms with Gasteiger partial charge < -0.3 is 0 Å². The van der Waals surface area contributed by atoms with Gasteiger partial charge in [-0.15, -0.1) is 23.2 Å². The Morgan fingerprint density at radius 3 is 1.58 bits per heavy atom. The standard InChI is InChI=1S/C6H7Cl5O/c1-5(2-7,3-8)4(12)6(9,10)11/h2-3H2,1H3. The van der Waals surface area contributed by atoms with E-state index in [1.807, 2.05) is 0 Å². The van der Waals surface area contributed by atoms with Gasteiger partial charge in [0.25, 0.3) is 0 Å². The average molecular weight is 272 g/mol. The van der Waals surface area contributed by atoms with Gasteiger partial charge in [0.2, 0.25) is 3.79 Å². The first-order chi connectivity index (χ1) is 5.28. The molecule has 0 saturated carbocycles. The number of rotatable bonds is 3. The van der Waals surface area contributed by atoms with Crippen LogP contribution in [0.4, 0.5) is 0 Å². The summed E-state index contributed by atoms with van der Waals surface area (Å²) in [5, 5.41) is 0. The molecule has 0 rings (SSSR count). The van der Waals surface area contributed by atoms with Gasteiger partial charge in [-0.2, -0.15) is 0 Å². The van der Waals surface area contributed by atoms with E-state index in [-0.39, 0.29) is 11.8 Å². The molecule has 0 aliphatic rings. The van der Waals surface area contributed by atoms with E-state index in [9.17, 15) is 4.79 Å². The largest absolute Gasteiger partial charge is 0.294 e. The maximum absolute atomic E-state index is 11.4. The lowest BCUT2D eigenvalue weighted by Crippen LogP contribution is -2.39. The second-order valence-electron chi connectivity index (χ2n) is 2.65. The van der Waals surface area contributed by atoms with Crippen molar-refractivity contribution in [3.63, 3.8) is 0 Å². The zero-order valence-electron chi connectivity index (χ0n) is 6.21. The molecule has 0 aromatic heterocycles. The molecular weight excluding hydrogens is 265 g/mol. The minimum atomic E-state index is -1.95. The highest BCUT2D eigenvalue weighted by atomic mass is 35.6. The molecule has 0 aromatic carbocycles. The highest BCUT2D eigenvalue weighted by molar-refractivity contribution is 6.76. The quantitative estimate of drug-likeness (QED) is 0.720. The van der Waals surface area contributed by atoms with E-state index < -0.39 is 15.0 Å². The molecule has 0 unspecified atom stereocenters. The summed E-state index contributed by atoms with van der Waals surface area (Å²) in [7, 11) is 0. The predicted octanol–water partition coefficient (Wildman–Crippen LogP) is 3.41. The lowest BCUT2D eigenvalue weighted by Gasteiger charge is -2.26. The molecule has 12 heavy (non-hydrogen) atoms. The van der Waals surface area contributed by atoms with Crippen LogP contribution < -0.4 is 0 Å². The Labute approximate surface area is 96.2 Å². The smallest absolute Gasteiger partial charge is 0.249 e. The fourth-order valence-electron chi connectivity index (χ4n) is 0.499. The normalized spacial score (nSPS) is 13.2. The molecule has 72 valence electrons. The lowest BCUT2D eigenvalue weighted by molar-refractivity contribution is -0.124. The number of alkyl halides is 5. The van der Waals surface area contributed by atoms with Gasteiger partial charge in [0.15, 0.2) is 5.78 Å². The van der Waals surface area contributed by atoms with Crippen molar-refractivity contribution < 1.29 is 4.79 Å². The van der Waals surface area contributed by atoms with Crippen LogP contribution in [0.5, 0.6) is 0 Å². The first-order valence-electron chi connectivity index (χ1n) is 3.01. The number of hydrogen-bond donors (Lipinski definition) is 0. The topological polar surface area (TPSA) is 17.1 Å². The van der Waals surface area contributed by atoms with Crippen LogP contribution in [0.2, 0.25) is 0 Å². The van der Waals surface area contributed by atoms with E-state index in [1.54, 1.807) is 6.92 Å². The number of halogens is 5. The number of carbonyl (C=O) groups is 1. The summed E-state index contributed by atoms with van der Waals surface area (Å²) in [6.07, 6.45) is 0. The number of ketones is 1. The molecule has 0 amide bonds. The summed E-state index contributed by atoms with van der Waals surface area (Å²) in [6.45, 7) is 1.55. The van der Waals surface area contributed by atoms with Crippen LogP contribution in [0, 0.1) is 5.41 Å². The van der Waals surface area contributed by atoms with Crippen molar-refractivity contribution in [2.24, 2.45) is 5.41 Å². The molecule has 0 aromatic rings. The molecule has 0 radical (unpaired) electrons. The number of carbonyl (C=O) groups excluding carboxylic acids is 1. The van der Waals surface area contributed by atoms with Gasteiger partial charge in [-0.3, -0.25) is 4.79 Å². The van der Waals surface area contributed by atoms with Crippen molar-refractivity contribution in [1.82, 2.24) is 0 Å². The van der Waals surface area contributed by atoms with Crippen LogP contribution in [0.3, 0.4) is 0 Å². The zero-order valence-corrected chi connectivity index (χ0v) is 9.99. The second-order valence-corrected chi connectivity index (χ2v) is 5.47. The van der Waals surface area contributed by atoms with Crippen molar-refractivity contribution in [2.45, 2.75) is 10.7 Å². The predicted molar refractivity (Wildman–Crippen MR) is 54.8 cm³/mol. The van der Waals surface area contributed by atoms with Crippen LogP contribution in [0.15, 0.2) is 0 Å². The monoisotopic (exact) mass is 270 g/mol. The molecule has 0 fully saturated rings. The van der Waals surface area contributed by atoms with Crippen molar-refractivity contribution in [1.29, 1.82) is 0 Å². The maximum Gasteiger partial charge on any atom is 0.249 e. The Kier molecular flexibility index (Phi) is 4.99. The molecule has 0 N–H and O–H groups in total. The minimum absolute atomic E-state index is 0.0310. The molecular formula is C6H7Cl5O. The van der Waals surface area contributed by atoms with E-state index in [4.69, 9.17) is 58.0 Å². The van der Waals surface area contributed by atoms with E-state index >= 15 is 0 Å². The number of Topliss-reactive ketones (excluding diaryl/α,β-unsaturated/α-hetero) is 1. The molecule has 0 saturated heterocycles. The molecule has 6 heteroatoms. The Bertz CT molecular complexity index is 169. The van der Waals surface area contributed by atoms with Crippen LogP contribution >= 0.6 is 58.0 Å². The summed E-state index contributed by atoms with van der Waals surface area (Å²) < 4.78 is -1.95. The van der Waals surface area contributed by atoms with Crippen molar-refractivity contribution >= 4 is 63.8 Å². The van der Waals surface area contributed by atoms with Gasteiger partial charge in [0.1, 0.15) is 0 Å². The summed E-state index contributed by atoms with van der Waals surface area (Å²) in [4.78, 5) is 11.4. The Balaban J connectivity index is 4.66. The third-order valence-corrected chi connectivity index (χ3v) is 3.09. The third kappa shape index (κ3) is 3.12.